The molecule has 1 heterocycles. The Balaban J connectivity index is 1.49. The van der Waals surface area contributed by atoms with Gasteiger partial charge in [0.1, 0.15) is 11.5 Å². The van der Waals surface area contributed by atoms with Gasteiger partial charge in [-0.05, 0) is 55.7 Å². The first-order chi connectivity index (χ1) is 15.1. The Morgan fingerprint density at radius 2 is 1.06 bits per heavy atom. The summed E-state index contributed by atoms with van der Waals surface area (Å²) in [6, 6.07) is 15.3. The fourth-order valence-electron chi connectivity index (χ4n) is 3.73. The Labute approximate surface area is 184 Å². The summed E-state index contributed by atoms with van der Waals surface area (Å²) >= 11 is 0. The van der Waals surface area contributed by atoms with Gasteiger partial charge in [0.25, 0.3) is 0 Å². The fourth-order valence-corrected chi connectivity index (χ4v) is 3.73. The molecule has 3 rings (SSSR count). The van der Waals surface area contributed by atoms with Crippen molar-refractivity contribution in [2.75, 3.05) is 39.4 Å². The number of hydrogen-bond acceptors (Lipinski definition) is 4. The predicted octanol–water partition coefficient (Wildman–Crippen LogP) is 3.33. The monoisotopic (exact) mass is 424 g/mol. The van der Waals surface area contributed by atoms with Gasteiger partial charge in [0.05, 0.1) is 26.1 Å². The molecule has 1 fully saturated rings. The lowest BCUT2D eigenvalue weighted by Gasteiger charge is -2.22. The molecular weight excluding hydrogens is 392 g/mol. The number of rotatable bonds is 8. The largest absolute Gasteiger partial charge is 0.494 e. The van der Waals surface area contributed by atoms with Crippen molar-refractivity contribution in [1.29, 1.82) is 0 Å². The minimum atomic E-state index is 0.102. The summed E-state index contributed by atoms with van der Waals surface area (Å²) in [5.74, 6) is 1.83. The van der Waals surface area contributed by atoms with Crippen molar-refractivity contribution < 1.29 is 19.1 Å². The van der Waals surface area contributed by atoms with Crippen molar-refractivity contribution in [1.82, 2.24) is 9.80 Å². The predicted molar refractivity (Wildman–Crippen MR) is 120 cm³/mol. The molecule has 6 heteroatoms. The van der Waals surface area contributed by atoms with Crippen LogP contribution in [0.4, 0.5) is 0 Å². The van der Waals surface area contributed by atoms with E-state index in [1.807, 2.05) is 72.2 Å². The molecule has 1 aliphatic rings. The average Bonchev–Trinajstić information content (AvgIpc) is 3.03. The Morgan fingerprint density at radius 3 is 1.42 bits per heavy atom. The van der Waals surface area contributed by atoms with E-state index in [-0.39, 0.29) is 11.8 Å². The summed E-state index contributed by atoms with van der Waals surface area (Å²) in [5, 5.41) is 0. The normalized spacial score (nSPS) is 14.1. The van der Waals surface area contributed by atoms with Crippen LogP contribution in [0.15, 0.2) is 48.5 Å². The number of carbonyl (C=O) groups excluding carboxylic acids is 2. The van der Waals surface area contributed by atoms with Crippen LogP contribution in [-0.2, 0) is 22.4 Å². The number of benzene rings is 2. The van der Waals surface area contributed by atoms with Crippen LogP contribution in [0.3, 0.4) is 0 Å². The fraction of sp³-hybridized carbons (Fsp3) is 0.440. The van der Waals surface area contributed by atoms with E-state index in [4.69, 9.17) is 9.47 Å². The van der Waals surface area contributed by atoms with Crippen molar-refractivity contribution in [2.24, 2.45) is 0 Å². The third-order valence-corrected chi connectivity index (χ3v) is 5.38. The zero-order valence-corrected chi connectivity index (χ0v) is 18.5. The molecule has 0 spiro atoms. The van der Waals surface area contributed by atoms with Crippen molar-refractivity contribution in [3.63, 3.8) is 0 Å². The van der Waals surface area contributed by atoms with E-state index < -0.39 is 0 Å². The van der Waals surface area contributed by atoms with E-state index in [1.165, 1.54) is 0 Å². The Bertz CT molecular complexity index is 777. The Hall–Kier alpha value is -3.02. The molecule has 0 saturated carbocycles. The molecule has 0 bridgehead atoms. The molecule has 2 aromatic rings. The molecular formula is C25H32N2O4. The lowest BCUT2D eigenvalue weighted by atomic mass is 10.1. The molecule has 0 aliphatic carbocycles. The van der Waals surface area contributed by atoms with Crippen LogP contribution in [0.5, 0.6) is 11.5 Å². The summed E-state index contributed by atoms with van der Waals surface area (Å²) in [7, 11) is 0. The zero-order valence-electron chi connectivity index (χ0n) is 18.5. The van der Waals surface area contributed by atoms with Crippen molar-refractivity contribution >= 4 is 11.8 Å². The molecule has 0 unspecified atom stereocenters. The second kappa shape index (κ2) is 11.4. The van der Waals surface area contributed by atoms with Crippen LogP contribution in [0, 0.1) is 0 Å². The summed E-state index contributed by atoms with van der Waals surface area (Å²) < 4.78 is 10.9. The highest BCUT2D eigenvalue weighted by molar-refractivity contribution is 5.80. The van der Waals surface area contributed by atoms with Crippen molar-refractivity contribution in [3.05, 3.63) is 59.7 Å². The van der Waals surface area contributed by atoms with E-state index in [0.717, 1.165) is 29.0 Å². The Kier molecular flexibility index (Phi) is 8.33. The summed E-state index contributed by atoms with van der Waals surface area (Å²) in [6.07, 6.45) is 1.53. The second-order valence-corrected chi connectivity index (χ2v) is 7.62. The highest BCUT2D eigenvalue weighted by Crippen LogP contribution is 2.16. The van der Waals surface area contributed by atoms with Crippen LogP contribution >= 0.6 is 0 Å². The molecule has 0 radical (unpaired) electrons. The highest BCUT2D eigenvalue weighted by atomic mass is 16.5. The van der Waals surface area contributed by atoms with Gasteiger partial charge >= 0.3 is 0 Å². The summed E-state index contributed by atoms with van der Waals surface area (Å²) in [4.78, 5) is 29.3. The van der Waals surface area contributed by atoms with Crippen LogP contribution in [0.25, 0.3) is 0 Å². The maximum absolute atomic E-state index is 12.8. The van der Waals surface area contributed by atoms with Gasteiger partial charge in [0.2, 0.25) is 11.8 Å². The molecule has 1 aliphatic heterocycles. The molecule has 0 N–H and O–H groups in total. The summed E-state index contributed by atoms with van der Waals surface area (Å²) in [5.41, 5.74) is 1.95. The van der Waals surface area contributed by atoms with E-state index in [0.29, 0.717) is 52.2 Å². The quantitative estimate of drug-likeness (QED) is 0.652. The van der Waals surface area contributed by atoms with Crippen LogP contribution < -0.4 is 9.47 Å². The molecule has 2 aromatic carbocycles. The number of ether oxygens (including phenoxy) is 2. The topological polar surface area (TPSA) is 59.1 Å². The van der Waals surface area contributed by atoms with E-state index in [9.17, 15) is 9.59 Å². The van der Waals surface area contributed by atoms with Gasteiger partial charge in [-0.2, -0.15) is 0 Å². The van der Waals surface area contributed by atoms with Gasteiger partial charge in [-0.25, -0.2) is 0 Å². The zero-order chi connectivity index (χ0) is 22.1. The standard InChI is InChI=1S/C25H32N2O4/c1-3-30-22-10-6-20(7-11-22)18-24(28)26-14-5-15-27(17-16-26)25(29)19-21-8-12-23(13-9-21)31-4-2/h6-13H,3-5,14-19H2,1-2H3. The second-order valence-electron chi connectivity index (χ2n) is 7.62. The number of amides is 2. The summed E-state index contributed by atoms with van der Waals surface area (Å²) in [6.45, 7) is 7.66. The molecule has 2 amide bonds. The number of carbonyl (C=O) groups is 2. The van der Waals surface area contributed by atoms with Crippen LogP contribution in [0.2, 0.25) is 0 Å². The van der Waals surface area contributed by atoms with E-state index in [1.54, 1.807) is 0 Å². The third-order valence-electron chi connectivity index (χ3n) is 5.38. The van der Waals surface area contributed by atoms with Gasteiger partial charge in [-0.15, -0.1) is 0 Å². The molecule has 166 valence electrons. The number of hydrogen-bond donors (Lipinski definition) is 0. The Morgan fingerprint density at radius 1 is 0.677 bits per heavy atom. The lowest BCUT2D eigenvalue weighted by molar-refractivity contribution is -0.132. The smallest absolute Gasteiger partial charge is 0.227 e. The van der Waals surface area contributed by atoms with Gasteiger partial charge in [-0.3, -0.25) is 9.59 Å². The SMILES string of the molecule is CCOc1ccc(CC(=O)N2CCCN(C(=O)Cc3ccc(OCC)cc3)CC2)cc1. The molecule has 6 nitrogen and oxygen atoms in total. The van der Waals surface area contributed by atoms with Gasteiger partial charge in [0.15, 0.2) is 0 Å². The minimum absolute atomic E-state index is 0.102. The first-order valence-corrected chi connectivity index (χ1v) is 11.1. The molecule has 0 atom stereocenters. The van der Waals surface area contributed by atoms with E-state index >= 15 is 0 Å². The minimum Gasteiger partial charge on any atom is -0.494 e. The van der Waals surface area contributed by atoms with Gasteiger partial charge in [0, 0.05) is 26.2 Å². The van der Waals surface area contributed by atoms with Gasteiger partial charge in [-0.1, -0.05) is 24.3 Å². The molecule has 1 saturated heterocycles. The van der Waals surface area contributed by atoms with Gasteiger partial charge < -0.3 is 19.3 Å². The molecule has 31 heavy (non-hydrogen) atoms. The van der Waals surface area contributed by atoms with Crippen molar-refractivity contribution in [3.8, 4) is 11.5 Å². The third kappa shape index (κ3) is 6.74. The first kappa shape index (κ1) is 22.7. The number of nitrogens with zero attached hydrogens (tertiary/aromatic N) is 2. The van der Waals surface area contributed by atoms with Crippen LogP contribution in [0.1, 0.15) is 31.4 Å². The van der Waals surface area contributed by atoms with Crippen LogP contribution in [-0.4, -0.2) is 61.0 Å². The first-order valence-electron chi connectivity index (χ1n) is 11.1. The highest BCUT2D eigenvalue weighted by Gasteiger charge is 2.22. The maximum atomic E-state index is 12.8. The lowest BCUT2D eigenvalue weighted by Crippen LogP contribution is -2.38. The maximum Gasteiger partial charge on any atom is 0.227 e. The molecule has 0 aromatic heterocycles. The van der Waals surface area contributed by atoms with Crippen molar-refractivity contribution in [2.45, 2.75) is 33.1 Å². The average molecular weight is 425 g/mol. The van der Waals surface area contributed by atoms with E-state index in [2.05, 4.69) is 0 Å².